The van der Waals surface area contributed by atoms with E-state index in [-0.39, 0.29) is 0 Å². The molecule has 1 nitrogen and oxygen atoms in total. The van der Waals surface area contributed by atoms with Crippen molar-refractivity contribution in [3.8, 4) is 0 Å². The first-order valence-electron chi connectivity index (χ1n) is 7.82. The molecule has 0 bridgehead atoms. The molecule has 0 saturated carbocycles. The van der Waals surface area contributed by atoms with Gasteiger partial charge in [0.2, 0.25) is 0 Å². The molecule has 0 radical (unpaired) electrons. The molecule has 0 spiro atoms. The molecule has 0 atom stereocenters. The minimum absolute atomic E-state index is 0.888. The van der Waals surface area contributed by atoms with Crippen LogP contribution in [0.4, 0.5) is 0 Å². The van der Waals surface area contributed by atoms with Gasteiger partial charge in [-0.05, 0) is 32.9 Å². The van der Waals surface area contributed by atoms with Crippen LogP contribution in [-0.4, -0.2) is 0 Å². The summed E-state index contributed by atoms with van der Waals surface area (Å²) in [5.41, 5.74) is 3.43. The lowest BCUT2D eigenvalue weighted by Crippen LogP contribution is -2.25. The van der Waals surface area contributed by atoms with Crippen LogP contribution in [0.1, 0.15) is 16.7 Å². The lowest BCUT2D eigenvalue weighted by Gasteiger charge is -2.21. The third-order valence-electron chi connectivity index (χ3n) is 4.13. The topological polar surface area (TPSA) is 17.1 Å². The molecule has 0 amide bonds. The van der Waals surface area contributed by atoms with Gasteiger partial charge in [0.1, 0.15) is 0 Å². The van der Waals surface area contributed by atoms with Gasteiger partial charge in [-0.2, -0.15) is 0 Å². The third kappa shape index (κ3) is 3.02. The molecule has 2 heteroatoms. The highest BCUT2D eigenvalue weighted by Gasteiger charge is 2.29. The molecule has 0 aromatic heterocycles. The molecule has 0 fully saturated rings. The van der Waals surface area contributed by atoms with Crippen molar-refractivity contribution in [1.82, 2.24) is 0 Å². The molecular weight excluding hydrogens is 299 g/mol. The zero-order valence-corrected chi connectivity index (χ0v) is 14.7. The minimum atomic E-state index is -2.85. The fraction of sp³-hybridized carbons (Fsp3) is 0.143. The zero-order valence-electron chi connectivity index (χ0n) is 13.8. The number of benzene rings is 3. The Balaban J connectivity index is 2.29. The monoisotopic (exact) mass is 320 g/mol. The molecule has 0 saturated heterocycles. The van der Waals surface area contributed by atoms with E-state index in [1.54, 1.807) is 0 Å². The second-order valence-electron chi connectivity index (χ2n) is 6.12. The van der Waals surface area contributed by atoms with E-state index in [0.717, 1.165) is 27.0 Å². The Labute approximate surface area is 138 Å². The van der Waals surface area contributed by atoms with Crippen LogP contribution in [-0.2, 0) is 4.57 Å². The lowest BCUT2D eigenvalue weighted by atomic mass is 10.2. The molecule has 116 valence electrons. The zero-order chi connectivity index (χ0) is 16.4. The van der Waals surface area contributed by atoms with Crippen LogP contribution in [0, 0.1) is 20.8 Å². The highest BCUT2D eigenvalue weighted by molar-refractivity contribution is 7.85. The van der Waals surface area contributed by atoms with Crippen molar-refractivity contribution in [2.45, 2.75) is 20.8 Å². The molecule has 23 heavy (non-hydrogen) atoms. The van der Waals surface area contributed by atoms with E-state index in [1.165, 1.54) is 5.56 Å². The quantitative estimate of drug-likeness (QED) is 0.659. The van der Waals surface area contributed by atoms with Crippen LogP contribution in [0.3, 0.4) is 0 Å². The van der Waals surface area contributed by atoms with E-state index in [4.69, 9.17) is 0 Å². The summed E-state index contributed by atoms with van der Waals surface area (Å²) < 4.78 is 14.2. The average Bonchev–Trinajstić information content (AvgIpc) is 2.55. The first-order valence-corrected chi connectivity index (χ1v) is 9.52. The normalized spacial score (nSPS) is 11.4. The van der Waals surface area contributed by atoms with Crippen LogP contribution in [0.2, 0.25) is 0 Å². The van der Waals surface area contributed by atoms with E-state index < -0.39 is 7.14 Å². The number of hydrogen-bond donors (Lipinski definition) is 0. The van der Waals surface area contributed by atoms with Crippen molar-refractivity contribution < 1.29 is 4.57 Å². The maximum absolute atomic E-state index is 14.2. The van der Waals surface area contributed by atoms with E-state index in [2.05, 4.69) is 0 Å². The SMILES string of the molecule is Cc1ccc(P(=O)(c2cccc(C)c2)c2cccc(C)c2)cc1. The Hall–Kier alpha value is -2.11. The molecule has 3 aromatic rings. The van der Waals surface area contributed by atoms with Crippen LogP contribution in [0.25, 0.3) is 0 Å². The number of rotatable bonds is 3. The van der Waals surface area contributed by atoms with Crippen LogP contribution >= 0.6 is 7.14 Å². The Morgan fingerprint density at radius 1 is 0.565 bits per heavy atom. The van der Waals surface area contributed by atoms with Crippen LogP contribution in [0.15, 0.2) is 72.8 Å². The van der Waals surface area contributed by atoms with Crippen molar-refractivity contribution in [3.05, 3.63) is 89.5 Å². The number of hydrogen-bond acceptors (Lipinski definition) is 1. The van der Waals surface area contributed by atoms with Crippen molar-refractivity contribution in [1.29, 1.82) is 0 Å². The van der Waals surface area contributed by atoms with Gasteiger partial charge >= 0.3 is 0 Å². The summed E-state index contributed by atoms with van der Waals surface area (Å²) in [5, 5.41) is 2.68. The molecule has 0 unspecified atom stereocenters. The molecule has 0 N–H and O–H groups in total. The largest absolute Gasteiger partial charge is 0.309 e. The molecule has 3 aromatic carbocycles. The highest BCUT2D eigenvalue weighted by atomic mass is 31.2. The van der Waals surface area contributed by atoms with Gasteiger partial charge in [0.05, 0.1) is 0 Å². The van der Waals surface area contributed by atoms with Crippen molar-refractivity contribution in [2.75, 3.05) is 0 Å². The van der Waals surface area contributed by atoms with E-state index in [9.17, 15) is 4.57 Å². The maximum Gasteiger partial charge on any atom is 0.171 e. The van der Waals surface area contributed by atoms with Gasteiger partial charge < -0.3 is 4.57 Å². The summed E-state index contributed by atoms with van der Waals surface area (Å²) in [5.74, 6) is 0. The lowest BCUT2D eigenvalue weighted by molar-refractivity contribution is 0.592. The van der Waals surface area contributed by atoms with Gasteiger partial charge in [-0.1, -0.05) is 77.4 Å². The second-order valence-corrected chi connectivity index (χ2v) is 8.89. The third-order valence-corrected chi connectivity index (χ3v) is 7.16. The Morgan fingerprint density at radius 2 is 1.04 bits per heavy atom. The fourth-order valence-corrected chi connectivity index (χ4v) is 5.68. The average molecular weight is 320 g/mol. The van der Waals surface area contributed by atoms with E-state index >= 15 is 0 Å². The number of aryl methyl sites for hydroxylation is 3. The molecular formula is C21H21OP. The van der Waals surface area contributed by atoms with Gasteiger partial charge in [0.25, 0.3) is 0 Å². The highest BCUT2D eigenvalue weighted by Crippen LogP contribution is 2.42. The minimum Gasteiger partial charge on any atom is -0.309 e. The summed E-state index contributed by atoms with van der Waals surface area (Å²) in [4.78, 5) is 0. The molecule has 0 aliphatic rings. The predicted molar refractivity (Wildman–Crippen MR) is 100 cm³/mol. The Morgan fingerprint density at radius 3 is 1.48 bits per heavy atom. The van der Waals surface area contributed by atoms with Gasteiger partial charge in [-0.3, -0.25) is 0 Å². The summed E-state index contributed by atoms with van der Waals surface area (Å²) in [6.07, 6.45) is 0. The van der Waals surface area contributed by atoms with Crippen molar-refractivity contribution in [3.63, 3.8) is 0 Å². The molecule has 3 rings (SSSR count). The van der Waals surface area contributed by atoms with Gasteiger partial charge in [-0.25, -0.2) is 0 Å². The van der Waals surface area contributed by atoms with Gasteiger partial charge in [-0.15, -0.1) is 0 Å². The van der Waals surface area contributed by atoms with Crippen molar-refractivity contribution >= 4 is 23.1 Å². The first-order chi connectivity index (χ1) is 11.0. The molecule has 0 aliphatic carbocycles. The van der Waals surface area contributed by atoms with Crippen LogP contribution in [0.5, 0.6) is 0 Å². The van der Waals surface area contributed by atoms with E-state index in [1.807, 2.05) is 93.6 Å². The summed E-state index contributed by atoms with van der Waals surface area (Å²) in [6, 6.07) is 24.2. The van der Waals surface area contributed by atoms with Gasteiger partial charge in [0, 0.05) is 15.9 Å². The molecule has 0 aliphatic heterocycles. The Bertz CT molecular complexity index is 829. The Kier molecular flexibility index (Phi) is 4.24. The fourth-order valence-electron chi connectivity index (χ4n) is 2.85. The van der Waals surface area contributed by atoms with E-state index in [0.29, 0.717) is 0 Å². The predicted octanol–water partition coefficient (Wildman–Crippen LogP) is 4.25. The van der Waals surface area contributed by atoms with Gasteiger partial charge in [0.15, 0.2) is 7.14 Å². The summed E-state index contributed by atoms with van der Waals surface area (Å²) in [6.45, 7) is 6.13. The summed E-state index contributed by atoms with van der Waals surface area (Å²) >= 11 is 0. The standard InChI is InChI=1S/C21H21OP/c1-16-10-12-19(13-11-16)23(22,20-8-4-6-17(2)14-20)21-9-5-7-18(3)15-21/h4-15H,1-3H3. The van der Waals surface area contributed by atoms with Crippen LogP contribution < -0.4 is 15.9 Å². The summed E-state index contributed by atoms with van der Waals surface area (Å²) in [7, 11) is -2.85. The van der Waals surface area contributed by atoms with Crippen molar-refractivity contribution in [2.24, 2.45) is 0 Å². The first kappa shape index (κ1) is 15.8. The second kappa shape index (κ2) is 6.18. The smallest absolute Gasteiger partial charge is 0.171 e. The molecule has 0 heterocycles. The maximum atomic E-state index is 14.2.